The monoisotopic (exact) mass is 654 g/mol. The van der Waals surface area contributed by atoms with E-state index in [1.165, 1.54) is 34.6 Å². The van der Waals surface area contributed by atoms with E-state index >= 15 is 0 Å². The fraction of sp³-hybridized carbons (Fsp3) is 0.259. The average Bonchev–Trinajstić information content (AvgIpc) is 2.78. The molecule has 2 aromatic heterocycles. The minimum atomic E-state index is -0.524. The van der Waals surface area contributed by atoms with Crippen molar-refractivity contribution in [2.45, 2.75) is 42.0 Å². The number of rotatable bonds is 4. The third-order valence-electron chi connectivity index (χ3n) is 5.37. The summed E-state index contributed by atoms with van der Waals surface area (Å²) in [7, 11) is 0. The minimum Gasteiger partial charge on any atom is -0.366 e. The Kier molecular flexibility index (Phi) is 11.1. The van der Waals surface area contributed by atoms with Gasteiger partial charge in [0, 0.05) is 43.3 Å². The molecule has 0 unspecified atom stereocenters. The van der Waals surface area contributed by atoms with Gasteiger partial charge in [-0.2, -0.15) is 4.89 Å². The van der Waals surface area contributed by atoms with E-state index in [1.54, 1.807) is 19.1 Å². The maximum Gasteiger partial charge on any atom is 0.374 e. The van der Waals surface area contributed by atoms with E-state index in [0.29, 0.717) is 17.7 Å². The van der Waals surface area contributed by atoms with E-state index in [2.05, 4.69) is 19.7 Å². The Morgan fingerprint density at radius 2 is 1.20 bits per heavy atom. The average molecular weight is 654 g/mol. The molecule has 0 bridgehead atoms. The summed E-state index contributed by atoms with van der Waals surface area (Å²) in [6.07, 6.45) is 3.01. The first-order chi connectivity index (χ1) is 15.7. The smallest absolute Gasteiger partial charge is 0.366 e. The number of pyridine rings is 2. The van der Waals surface area contributed by atoms with Gasteiger partial charge in [-0.15, -0.1) is 0 Å². The van der Waals surface area contributed by atoms with Crippen LogP contribution in [0, 0.1) is 27.7 Å². The Morgan fingerprint density at radius 3 is 1.66 bits per heavy atom. The molecule has 0 aliphatic heterocycles. The third kappa shape index (κ3) is 7.39. The summed E-state index contributed by atoms with van der Waals surface area (Å²) in [4.78, 5) is 40.3. The zero-order valence-corrected chi connectivity index (χ0v) is 22.2. The molecule has 0 fully saturated rings. The Labute approximate surface area is 219 Å². The van der Waals surface area contributed by atoms with Crippen LogP contribution in [0.4, 0.5) is 0 Å². The van der Waals surface area contributed by atoms with Gasteiger partial charge in [-0.1, -0.05) is 7.43 Å². The van der Waals surface area contributed by atoms with Crippen LogP contribution in [-0.4, -0.2) is 28.5 Å². The van der Waals surface area contributed by atoms with E-state index in [0.717, 1.165) is 21.8 Å². The molecular formula is C27H31IrN3O4. The van der Waals surface area contributed by atoms with E-state index in [4.69, 9.17) is 5.73 Å². The fourth-order valence-corrected chi connectivity index (χ4v) is 3.20. The summed E-state index contributed by atoms with van der Waals surface area (Å²) in [6.45, 7) is 10.2. The third-order valence-corrected chi connectivity index (χ3v) is 5.37. The number of nitrogens with zero attached hydrogens (tertiary/aromatic N) is 2. The summed E-state index contributed by atoms with van der Waals surface area (Å²) in [5.41, 5.74) is 12.5. The number of fused-ring (bicyclic) bond motifs is 2. The van der Waals surface area contributed by atoms with Gasteiger partial charge >= 0.3 is 5.97 Å². The summed E-state index contributed by atoms with van der Waals surface area (Å²) in [5.74, 6) is -0.966. The standard InChI is InChI=1S/C14H15NO3.C12H12N2O.CH4.Ir/c1-4-17-18-14(16)12-7-11-5-9(2)10(3)6-13(11)15-8-12;1-7-3-9-5-10(12(13)15)6-14-11(9)4-8(7)2;;/h5-8H,4H2,1-3H3;3-6H,1-2H3,(H2,13,15);1H4;. The molecule has 0 spiro atoms. The van der Waals surface area contributed by atoms with E-state index in [-0.39, 0.29) is 27.5 Å². The normalized spacial score (nSPS) is 9.97. The van der Waals surface area contributed by atoms with Crippen LogP contribution in [0.2, 0.25) is 0 Å². The van der Waals surface area contributed by atoms with Gasteiger partial charge < -0.3 is 5.73 Å². The SMILES string of the molecule is C.CCOOC(=O)c1cnc2cc(C)c(C)cc2c1.Cc1cc2cc(C(N)=O)cnc2cc1C.[Ir]. The van der Waals surface area contributed by atoms with Crippen molar-refractivity contribution in [1.29, 1.82) is 0 Å². The largest absolute Gasteiger partial charge is 0.374 e. The molecule has 4 rings (SSSR count). The van der Waals surface area contributed by atoms with Crippen LogP contribution in [0.5, 0.6) is 0 Å². The Balaban J connectivity index is 0.000000336. The summed E-state index contributed by atoms with van der Waals surface area (Å²) >= 11 is 0. The van der Waals surface area contributed by atoms with Gasteiger partial charge in [-0.25, -0.2) is 4.79 Å². The molecule has 2 heterocycles. The van der Waals surface area contributed by atoms with Crippen LogP contribution in [-0.2, 0) is 29.9 Å². The Morgan fingerprint density at radius 1 is 0.771 bits per heavy atom. The van der Waals surface area contributed by atoms with Crippen molar-refractivity contribution in [3.05, 3.63) is 82.2 Å². The van der Waals surface area contributed by atoms with E-state index in [9.17, 15) is 9.59 Å². The van der Waals surface area contributed by atoms with Crippen LogP contribution in [0.25, 0.3) is 21.8 Å². The number of carbonyl (C=O) groups is 2. The molecular weight excluding hydrogens is 623 g/mol. The molecule has 7 nitrogen and oxygen atoms in total. The number of benzene rings is 2. The van der Waals surface area contributed by atoms with Crippen molar-refractivity contribution in [3.63, 3.8) is 0 Å². The van der Waals surface area contributed by atoms with Crippen LogP contribution >= 0.6 is 0 Å². The molecule has 187 valence electrons. The molecule has 0 saturated heterocycles. The number of hydrogen-bond donors (Lipinski definition) is 1. The first-order valence-corrected chi connectivity index (χ1v) is 10.6. The van der Waals surface area contributed by atoms with Crippen molar-refractivity contribution in [2.24, 2.45) is 5.73 Å². The quantitative estimate of drug-likeness (QED) is 0.229. The zero-order valence-electron chi connectivity index (χ0n) is 19.8. The molecule has 0 atom stereocenters. The minimum absolute atomic E-state index is 0. The summed E-state index contributed by atoms with van der Waals surface area (Å²) < 4.78 is 0. The Hall–Kier alpha value is -3.19. The van der Waals surface area contributed by atoms with Gasteiger partial charge in [-0.05, 0) is 93.3 Å². The predicted molar refractivity (Wildman–Crippen MR) is 135 cm³/mol. The van der Waals surface area contributed by atoms with Gasteiger partial charge in [0.15, 0.2) is 0 Å². The molecule has 0 aliphatic rings. The zero-order chi connectivity index (χ0) is 24.1. The van der Waals surface area contributed by atoms with Crippen molar-refractivity contribution in [1.82, 2.24) is 9.97 Å². The van der Waals surface area contributed by atoms with Crippen LogP contribution in [0.15, 0.2) is 48.8 Å². The van der Waals surface area contributed by atoms with Crippen molar-refractivity contribution < 1.29 is 39.5 Å². The topological polar surface area (TPSA) is 104 Å². The maximum absolute atomic E-state index is 11.6. The van der Waals surface area contributed by atoms with E-state index < -0.39 is 11.9 Å². The molecule has 1 amide bonds. The van der Waals surface area contributed by atoms with Gasteiger partial charge in [0.1, 0.15) is 0 Å². The number of nitrogens with two attached hydrogens (primary N) is 1. The van der Waals surface area contributed by atoms with E-state index in [1.807, 2.05) is 52.0 Å². The molecule has 8 heteroatoms. The van der Waals surface area contributed by atoms with Crippen molar-refractivity contribution in [2.75, 3.05) is 6.61 Å². The number of amides is 1. The first-order valence-electron chi connectivity index (χ1n) is 10.6. The van der Waals surface area contributed by atoms with Crippen LogP contribution in [0.1, 0.15) is 57.3 Å². The van der Waals surface area contributed by atoms with Gasteiger partial charge in [0.25, 0.3) is 0 Å². The van der Waals surface area contributed by atoms with Crippen LogP contribution < -0.4 is 5.73 Å². The van der Waals surface area contributed by atoms with Gasteiger partial charge in [-0.3, -0.25) is 19.7 Å². The molecule has 1 radical (unpaired) electrons. The first kappa shape index (κ1) is 29.8. The summed E-state index contributed by atoms with van der Waals surface area (Å²) in [5, 5.41) is 1.87. The molecule has 0 saturated carbocycles. The Bertz CT molecular complexity index is 1360. The number of aryl methyl sites for hydroxylation is 4. The maximum atomic E-state index is 11.6. The molecule has 2 N–H and O–H groups in total. The second-order valence-electron chi connectivity index (χ2n) is 7.85. The second-order valence-corrected chi connectivity index (χ2v) is 7.85. The number of primary amides is 1. The number of carbonyl (C=O) groups excluding carboxylic acids is 2. The van der Waals surface area contributed by atoms with Gasteiger partial charge in [0.2, 0.25) is 5.91 Å². The van der Waals surface area contributed by atoms with Gasteiger partial charge in [0.05, 0.1) is 28.8 Å². The van der Waals surface area contributed by atoms with Crippen molar-refractivity contribution in [3.8, 4) is 0 Å². The predicted octanol–water partition coefficient (Wildman–Crippen LogP) is 5.54. The van der Waals surface area contributed by atoms with Crippen molar-refractivity contribution >= 4 is 33.7 Å². The number of aromatic nitrogens is 2. The molecule has 4 aromatic rings. The summed E-state index contributed by atoms with van der Waals surface area (Å²) in [6, 6.07) is 11.6. The molecule has 35 heavy (non-hydrogen) atoms. The fourth-order valence-electron chi connectivity index (χ4n) is 3.20. The number of hydrogen-bond acceptors (Lipinski definition) is 6. The van der Waals surface area contributed by atoms with Crippen LogP contribution in [0.3, 0.4) is 0 Å². The molecule has 0 aliphatic carbocycles. The second kappa shape index (κ2) is 13.0. The molecule has 2 aromatic carbocycles.